The van der Waals surface area contributed by atoms with Gasteiger partial charge >= 0.3 is 11.9 Å². The van der Waals surface area contributed by atoms with E-state index in [4.69, 9.17) is 18.9 Å². The van der Waals surface area contributed by atoms with Gasteiger partial charge in [-0.05, 0) is 70.6 Å². The van der Waals surface area contributed by atoms with Gasteiger partial charge in [-0.2, -0.15) is 0 Å². The van der Waals surface area contributed by atoms with Crippen molar-refractivity contribution in [3.8, 4) is 0 Å². The number of hydrogen-bond acceptors (Lipinski definition) is 8. The lowest BCUT2D eigenvalue weighted by Gasteiger charge is -2.26. The second kappa shape index (κ2) is 74.3. The Labute approximate surface area is 576 Å². The van der Waals surface area contributed by atoms with Crippen LogP contribution in [-0.2, 0) is 33.3 Å². The number of carboxylic acid groups (broad SMARTS) is 1. The minimum atomic E-state index is -1.62. The molecule has 0 rings (SSSR count). The number of likely N-dealkylation sites (N-methyl/N-ethyl adjacent to an activating group) is 1. The number of carbonyl (C=O) groups is 3. The normalized spacial score (nSPS) is 13.1. The van der Waals surface area contributed by atoms with Crippen molar-refractivity contribution < 1.29 is 42.9 Å². The number of quaternary nitrogens is 1. The molecule has 0 radical (unpaired) electrons. The Hall–Kier alpha value is -3.53. The van der Waals surface area contributed by atoms with Crippen LogP contribution in [-0.4, -0.2) is 82.3 Å². The number of hydrogen-bond donors (Lipinski definition) is 0. The Bertz CT molecular complexity index is 1810. The van der Waals surface area contributed by atoms with E-state index >= 15 is 0 Å². The highest BCUT2D eigenvalue weighted by Crippen LogP contribution is 2.19. The molecule has 0 aromatic rings. The summed E-state index contributed by atoms with van der Waals surface area (Å²) in [4.78, 5) is 37.6. The van der Waals surface area contributed by atoms with Gasteiger partial charge in [-0.15, -0.1) is 0 Å². The zero-order valence-corrected chi connectivity index (χ0v) is 61.9. The van der Waals surface area contributed by atoms with Crippen LogP contribution in [0.5, 0.6) is 0 Å². The van der Waals surface area contributed by atoms with Crippen LogP contribution < -0.4 is 5.11 Å². The Kier molecular flexibility index (Phi) is 71.4. The van der Waals surface area contributed by atoms with E-state index in [-0.39, 0.29) is 32.2 Å². The average molecular weight is 1300 g/mol. The molecule has 0 aromatic heterocycles. The zero-order chi connectivity index (χ0) is 67.5. The maximum absolute atomic E-state index is 13.0. The molecule has 9 nitrogen and oxygen atoms in total. The smallest absolute Gasteiger partial charge is 0.306 e. The summed E-state index contributed by atoms with van der Waals surface area (Å²) in [5.74, 6) is -2.26. The fourth-order valence-electron chi connectivity index (χ4n) is 11.6. The lowest BCUT2D eigenvalue weighted by Crippen LogP contribution is -2.44. The molecule has 9 heteroatoms. The number of carbonyl (C=O) groups excluding carboxylic acids is 3. The molecule has 540 valence electrons. The minimum Gasteiger partial charge on any atom is -0.545 e. The maximum Gasteiger partial charge on any atom is 0.306 e. The van der Waals surface area contributed by atoms with Gasteiger partial charge in [0.15, 0.2) is 12.4 Å². The predicted molar refractivity (Wildman–Crippen MR) is 398 cm³/mol. The molecule has 93 heavy (non-hydrogen) atoms. The fourth-order valence-corrected chi connectivity index (χ4v) is 11.6. The Morgan fingerprint density at radius 3 is 0.914 bits per heavy atom. The molecule has 0 aliphatic rings. The van der Waals surface area contributed by atoms with Gasteiger partial charge in [0.05, 0.1) is 40.3 Å². The van der Waals surface area contributed by atoms with Gasteiger partial charge in [-0.3, -0.25) is 9.59 Å². The number of ether oxygens (including phenoxy) is 4. The molecule has 2 atom stereocenters. The van der Waals surface area contributed by atoms with Crippen LogP contribution in [0.4, 0.5) is 0 Å². The maximum atomic E-state index is 13.0. The number of nitrogens with zero attached hydrogens (tertiary/aromatic N) is 1. The van der Waals surface area contributed by atoms with E-state index in [9.17, 15) is 19.5 Å². The van der Waals surface area contributed by atoms with Crippen LogP contribution in [0.2, 0.25) is 0 Å². The van der Waals surface area contributed by atoms with Gasteiger partial charge in [0.25, 0.3) is 0 Å². The predicted octanol–water partition coefficient (Wildman–Crippen LogP) is 24.0. The van der Waals surface area contributed by atoms with Gasteiger partial charge < -0.3 is 33.3 Å². The number of rotatable bonds is 74. The van der Waals surface area contributed by atoms with Gasteiger partial charge in [0.1, 0.15) is 13.2 Å². The molecule has 0 fully saturated rings. The van der Waals surface area contributed by atoms with E-state index in [0.717, 1.165) is 77.0 Å². The summed E-state index contributed by atoms with van der Waals surface area (Å²) in [7, 11) is 5.95. The van der Waals surface area contributed by atoms with Crippen molar-refractivity contribution in [1.29, 1.82) is 0 Å². The van der Waals surface area contributed by atoms with Crippen molar-refractivity contribution in [3.05, 3.63) is 85.1 Å². The summed E-state index contributed by atoms with van der Waals surface area (Å²) >= 11 is 0. The molecule has 0 amide bonds. The molecule has 0 aliphatic carbocycles. The van der Waals surface area contributed by atoms with Crippen LogP contribution in [0.25, 0.3) is 0 Å². The molecular formula is C84H151NO8. The fraction of sp³-hybridized carbons (Fsp3) is 0.798. The third-order valence-electron chi connectivity index (χ3n) is 17.7. The van der Waals surface area contributed by atoms with E-state index in [2.05, 4.69) is 98.9 Å². The largest absolute Gasteiger partial charge is 0.545 e. The quantitative estimate of drug-likeness (QED) is 0.0195. The molecule has 0 N–H and O–H groups in total. The van der Waals surface area contributed by atoms with Crippen LogP contribution in [0.15, 0.2) is 85.1 Å². The standard InChI is InChI=1S/C84H151NO8/c1-6-8-10-12-14-16-18-20-22-24-26-28-30-32-34-36-37-38-39-40-41-42-43-44-45-47-49-51-53-55-57-59-61-63-65-67-69-71-73-75-82(87)93-80(79-92-84(83(88)89)90-77-76-85(3,4)5)78-91-81(86)74-72-70-68-66-64-62-60-58-56-54-52-50-48-46-35-33-31-29-27-25-23-21-19-17-15-13-11-9-7-2/h8,10,14,16,20,22,26,28,32,34,37-38,40-41,80,84H,6-7,9,11-13,15,17-19,21,23-25,27,29-31,33,35-36,39,42-79H2,1-5H3/b10-8-,16-14-,22-20-,28-26-,34-32-,38-37-,41-40-. The molecule has 0 spiro atoms. The number of esters is 2. The summed E-state index contributed by atoms with van der Waals surface area (Å²) in [6, 6.07) is 0. The second-order valence-electron chi connectivity index (χ2n) is 28.0. The topological polar surface area (TPSA) is 111 Å². The number of carboxylic acids is 1. The van der Waals surface area contributed by atoms with Crippen LogP contribution >= 0.6 is 0 Å². The molecule has 0 heterocycles. The van der Waals surface area contributed by atoms with E-state index in [1.807, 2.05) is 21.1 Å². The van der Waals surface area contributed by atoms with Crippen molar-refractivity contribution >= 4 is 17.9 Å². The zero-order valence-electron chi connectivity index (χ0n) is 61.9. The minimum absolute atomic E-state index is 0.148. The molecule has 0 aliphatic heterocycles. The Morgan fingerprint density at radius 1 is 0.333 bits per heavy atom. The third-order valence-corrected chi connectivity index (χ3v) is 17.7. The first-order chi connectivity index (χ1) is 45.6. The summed E-state index contributed by atoms with van der Waals surface area (Å²) in [6.07, 6.45) is 98.5. The second-order valence-corrected chi connectivity index (χ2v) is 28.0. The molecule has 0 saturated heterocycles. The van der Waals surface area contributed by atoms with Gasteiger partial charge in [0, 0.05) is 12.8 Å². The van der Waals surface area contributed by atoms with E-state index < -0.39 is 24.3 Å². The summed E-state index contributed by atoms with van der Waals surface area (Å²) < 4.78 is 22.9. The van der Waals surface area contributed by atoms with Crippen LogP contribution in [0.1, 0.15) is 373 Å². The first-order valence-corrected chi connectivity index (χ1v) is 39.7. The molecule has 0 saturated carbocycles. The Balaban J connectivity index is 4.01. The van der Waals surface area contributed by atoms with Gasteiger partial charge in [-0.1, -0.05) is 375 Å². The van der Waals surface area contributed by atoms with Crippen molar-refractivity contribution in [1.82, 2.24) is 0 Å². The third kappa shape index (κ3) is 75.7. The molecule has 0 bridgehead atoms. The van der Waals surface area contributed by atoms with Gasteiger partial charge in [-0.25, -0.2) is 0 Å². The number of unbranched alkanes of at least 4 members (excludes halogenated alkanes) is 45. The summed E-state index contributed by atoms with van der Waals surface area (Å²) in [5.41, 5.74) is 0. The first kappa shape index (κ1) is 89.5. The highest BCUT2D eigenvalue weighted by Gasteiger charge is 2.22. The first-order valence-electron chi connectivity index (χ1n) is 39.7. The van der Waals surface area contributed by atoms with E-state index in [1.54, 1.807) is 0 Å². The highest BCUT2D eigenvalue weighted by atomic mass is 16.7. The average Bonchev–Trinajstić information content (AvgIpc) is 3.38. The SMILES string of the molecule is CC/C=C\C/C=C\C/C=C\C/C=C\C/C=C\C/C=C\C/C=C\CCCCCCCCCCCCCCCCCCCC(=O)OC(COC(=O)CCCCCCCCCCCCCCCCCCCCCCCCCCCCCCC)COC(OCC[N+](C)(C)C)C(=O)[O-]. The molecule has 0 aromatic carbocycles. The lowest BCUT2D eigenvalue weighted by molar-refractivity contribution is -0.870. The molecular weight excluding hydrogens is 1150 g/mol. The van der Waals surface area contributed by atoms with E-state index in [0.29, 0.717) is 23.9 Å². The van der Waals surface area contributed by atoms with Crippen molar-refractivity contribution in [2.45, 2.75) is 386 Å². The van der Waals surface area contributed by atoms with Crippen molar-refractivity contribution in [2.24, 2.45) is 0 Å². The Morgan fingerprint density at radius 2 is 0.613 bits per heavy atom. The monoisotopic (exact) mass is 1300 g/mol. The summed E-state index contributed by atoms with van der Waals surface area (Å²) in [6.45, 7) is 4.70. The molecule has 2 unspecified atom stereocenters. The van der Waals surface area contributed by atoms with Crippen LogP contribution in [0, 0.1) is 0 Å². The van der Waals surface area contributed by atoms with Gasteiger partial charge in [0.2, 0.25) is 0 Å². The van der Waals surface area contributed by atoms with Crippen LogP contribution in [0.3, 0.4) is 0 Å². The number of aliphatic carboxylic acids is 1. The van der Waals surface area contributed by atoms with E-state index in [1.165, 1.54) is 263 Å². The van der Waals surface area contributed by atoms with Crippen molar-refractivity contribution in [2.75, 3.05) is 47.5 Å². The number of allylic oxidation sites excluding steroid dienone is 14. The highest BCUT2D eigenvalue weighted by molar-refractivity contribution is 5.70. The van der Waals surface area contributed by atoms with Crippen molar-refractivity contribution in [3.63, 3.8) is 0 Å². The lowest BCUT2D eigenvalue weighted by atomic mass is 10.0. The summed E-state index contributed by atoms with van der Waals surface area (Å²) in [5, 5.41) is 11.9.